The number of benzene rings is 1. The molecule has 1 aromatic carbocycles. The van der Waals surface area contributed by atoms with Crippen molar-refractivity contribution >= 4 is 15.9 Å². The van der Waals surface area contributed by atoms with Gasteiger partial charge >= 0.3 is 0 Å². The Balaban J connectivity index is 2.20. The lowest BCUT2D eigenvalue weighted by molar-refractivity contribution is 0.157. The van der Waals surface area contributed by atoms with Gasteiger partial charge in [-0.25, -0.2) is 0 Å². The molecule has 0 unspecified atom stereocenters. The van der Waals surface area contributed by atoms with Crippen LogP contribution < -0.4 is 15.2 Å². The van der Waals surface area contributed by atoms with E-state index in [1.54, 1.807) is 6.07 Å². The van der Waals surface area contributed by atoms with Crippen molar-refractivity contribution in [2.75, 3.05) is 13.2 Å². The minimum Gasteiger partial charge on any atom is -0.506 e. The fourth-order valence-corrected chi connectivity index (χ4v) is 2.82. The third-order valence-electron chi connectivity index (χ3n) is 3.50. The highest BCUT2D eigenvalue weighted by molar-refractivity contribution is 9.10. The van der Waals surface area contributed by atoms with Gasteiger partial charge in [0.2, 0.25) is 0 Å². The number of fused-ring (bicyclic) bond motifs is 1. The Hall–Kier alpha value is -0.940. The first-order valence-electron chi connectivity index (χ1n) is 5.72. The monoisotopic (exact) mass is 299 g/mol. The Morgan fingerprint density at radius 1 is 1.29 bits per heavy atom. The predicted octanol–water partition coefficient (Wildman–Crippen LogP) is 2.26. The van der Waals surface area contributed by atoms with E-state index in [0.717, 1.165) is 19.3 Å². The van der Waals surface area contributed by atoms with Gasteiger partial charge in [0, 0.05) is 11.6 Å². The lowest BCUT2D eigenvalue weighted by atomic mass is 9.72. The third-order valence-corrected chi connectivity index (χ3v) is 4.11. The molecule has 2 aliphatic rings. The summed E-state index contributed by atoms with van der Waals surface area (Å²) in [5.41, 5.74) is 6.52. The van der Waals surface area contributed by atoms with Crippen LogP contribution in [0.1, 0.15) is 24.8 Å². The van der Waals surface area contributed by atoms with Gasteiger partial charge in [0.1, 0.15) is 19.0 Å². The molecule has 1 aromatic rings. The molecule has 17 heavy (non-hydrogen) atoms. The second kappa shape index (κ2) is 3.78. The Morgan fingerprint density at radius 2 is 2.00 bits per heavy atom. The zero-order chi connectivity index (χ0) is 12.0. The Labute approximate surface area is 108 Å². The van der Waals surface area contributed by atoms with E-state index in [9.17, 15) is 5.11 Å². The van der Waals surface area contributed by atoms with Crippen molar-refractivity contribution in [3.63, 3.8) is 0 Å². The summed E-state index contributed by atoms with van der Waals surface area (Å²) in [6, 6.07) is 1.73. The van der Waals surface area contributed by atoms with Gasteiger partial charge in [0.15, 0.2) is 11.5 Å². The van der Waals surface area contributed by atoms with E-state index in [-0.39, 0.29) is 5.75 Å². The van der Waals surface area contributed by atoms with E-state index in [4.69, 9.17) is 15.2 Å². The fraction of sp³-hybridized carbons (Fsp3) is 0.500. The van der Waals surface area contributed by atoms with Crippen molar-refractivity contribution < 1.29 is 14.6 Å². The number of halogens is 1. The van der Waals surface area contributed by atoms with Crippen LogP contribution in [0.4, 0.5) is 0 Å². The Kier molecular flexibility index (Phi) is 2.48. The molecule has 0 saturated heterocycles. The van der Waals surface area contributed by atoms with Gasteiger partial charge in [0.05, 0.1) is 10.0 Å². The van der Waals surface area contributed by atoms with E-state index in [2.05, 4.69) is 15.9 Å². The molecule has 1 aliphatic carbocycles. The number of rotatable bonds is 1. The van der Waals surface area contributed by atoms with Crippen LogP contribution in [0.25, 0.3) is 0 Å². The molecule has 1 fully saturated rings. The summed E-state index contributed by atoms with van der Waals surface area (Å²) in [6.45, 7) is 1.03. The first-order valence-corrected chi connectivity index (χ1v) is 6.51. The molecule has 1 saturated carbocycles. The Morgan fingerprint density at radius 3 is 2.65 bits per heavy atom. The van der Waals surface area contributed by atoms with Crippen LogP contribution in [0.3, 0.4) is 0 Å². The molecule has 0 atom stereocenters. The second-order valence-corrected chi connectivity index (χ2v) is 5.47. The zero-order valence-corrected chi connectivity index (χ0v) is 10.9. The smallest absolute Gasteiger partial charge is 0.170 e. The molecule has 1 heterocycles. The van der Waals surface area contributed by atoms with Gasteiger partial charge in [-0.1, -0.05) is 0 Å². The molecular weight excluding hydrogens is 286 g/mol. The average Bonchev–Trinajstić information content (AvgIpc) is 2.28. The predicted molar refractivity (Wildman–Crippen MR) is 66.5 cm³/mol. The average molecular weight is 300 g/mol. The molecule has 0 bridgehead atoms. The molecule has 0 aromatic heterocycles. The number of ether oxygens (including phenoxy) is 2. The zero-order valence-electron chi connectivity index (χ0n) is 9.33. The van der Waals surface area contributed by atoms with Gasteiger partial charge in [-0.3, -0.25) is 0 Å². The molecule has 4 nitrogen and oxygen atoms in total. The number of nitrogens with two attached hydrogens (primary N) is 1. The van der Waals surface area contributed by atoms with E-state index < -0.39 is 5.54 Å². The molecule has 3 rings (SSSR count). The Bertz CT molecular complexity index is 471. The van der Waals surface area contributed by atoms with Crippen molar-refractivity contribution in [3.8, 4) is 17.2 Å². The summed E-state index contributed by atoms with van der Waals surface area (Å²) in [5, 5.41) is 10.2. The quantitative estimate of drug-likeness (QED) is 0.835. The largest absolute Gasteiger partial charge is 0.506 e. The maximum Gasteiger partial charge on any atom is 0.170 e. The van der Waals surface area contributed by atoms with Crippen molar-refractivity contribution in [1.82, 2.24) is 0 Å². The summed E-state index contributed by atoms with van der Waals surface area (Å²) < 4.78 is 11.8. The number of phenolic OH excluding ortho intramolecular Hbond substituents is 1. The van der Waals surface area contributed by atoms with Crippen molar-refractivity contribution in [2.24, 2.45) is 5.73 Å². The molecule has 5 heteroatoms. The van der Waals surface area contributed by atoms with Gasteiger partial charge in [-0.15, -0.1) is 0 Å². The lowest BCUT2D eigenvalue weighted by Gasteiger charge is -2.40. The number of hydrogen-bond donors (Lipinski definition) is 2. The summed E-state index contributed by atoms with van der Waals surface area (Å²) >= 11 is 3.33. The number of hydrogen-bond acceptors (Lipinski definition) is 4. The van der Waals surface area contributed by atoms with Crippen molar-refractivity contribution in [3.05, 3.63) is 16.1 Å². The highest BCUT2D eigenvalue weighted by atomic mass is 79.9. The molecule has 0 radical (unpaired) electrons. The van der Waals surface area contributed by atoms with Crippen LogP contribution in [-0.2, 0) is 5.54 Å². The van der Waals surface area contributed by atoms with Gasteiger partial charge in [-0.2, -0.15) is 0 Å². The maximum absolute atomic E-state index is 10.2. The minimum atomic E-state index is -0.474. The third kappa shape index (κ3) is 1.60. The van der Waals surface area contributed by atoms with E-state index in [0.29, 0.717) is 34.7 Å². The maximum atomic E-state index is 10.2. The normalized spacial score (nSPS) is 20.8. The molecular formula is C12H14BrNO3. The van der Waals surface area contributed by atoms with Crippen LogP contribution in [0, 0.1) is 0 Å². The molecule has 3 N–H and O–H groups in total. The van der Waals surface area contributed by atoms with Crippen molar-refractivity contribution in [1.29, 1.82) is 0 Å². The second-order valence-electron chi connectivity index (χ2n) is 4.62. The van der Waals surface area contributed by atoms with Crippen LogP contribution in [0.5, 0.6) is 17.2 Å². The fourth-order valence-electron chi connectivity index (χ4n) is 2.41. The van der Waals surface area contributed by atoms with Crippen molar-refractivity contribution in [2.45, 2.75) is 24.8 Å². The first-order chi connectivity index (χ1) is 8.12. The van der Waals surface area contributed by atoms with Crippen LogP contribution in [0.2, 0.25) is 0 Å². The van der Waals surface area contributed by atoms with E-state index >= 15 is 0 Å². The van der Waals surface area contributed by atoms with Gasteiger partial charge < -0.3 is 20.3 Å². The van der Waals surface area contributed by atoms with Gasteiger partial charge in [0.25, 0.3) is 0 Å². The summed E-state index contributed by atoms with van der Waals surface area (Å²) in [4.78, 5) is 0. The minimum absolute atomic E-state index is 0.177. The molecule has 0 amide bonds. The highest BCUT2D eigenvalue weighted by Gasteiger charge is 2.41. The summed E-state index contributed by atoms with van der Waals surface area (Å²) in [7, 11) is 0. The van der Waals surface area contributed by atoms with Gasteiger partial charge in [-0.05, 0) is 35.2 Å². The molecule has 92 valence electrons. The van der Waals surface area contributed by atoms with E-state index in [1.807, 2.05) is 0 Å². The van der Waals surface area contributed by atoms with E-state index in [1.165, 1.54) is 0 Å². The molecule has 0 spiro atoms. The number of phenols is 1. The van der Waals surface area contributed by atoms with Crippen LogP contribution in [-0.4, -0.2) is 18.3 Å². The summed E-state index contributed by atoms with van der Waals surface area (Å²) in [5.74, 6) is 1.45. The SMILES string of the molecule is NC1(c2c(O)c(Br)cc3c2OCCO3)CCC1. The topological polar surface area (TPSA) is 64.7 Å². The lowest BCUT2D eigenvalue weighted by Crippen LogP contribution is -2.44. The van der Waals surface area contributed by atoms with Crippen LogP contribution >= 0.6 is 15.9 Å². The van der Waals surface area contributed by atoms with Crippen LogP contribution in [0.15, 0.2) is 10.5 Å². The molecule has 1 aliphatic heterocycles. The first kappa shape index (κ1) is 11.2. The highest BCUT2D eigenvalue weighted by Crippen LogP contribution is 2.53. The summed E-state index contributed by atoms with van der Waals surface area (Å²) in [6.07, 6.45) is 2.82. The standard InChI is InChI=1S/C12H14BrNO3/c13-7-6-8-11(17-5-4-16-8)9(10(7)15)12(14)2-1-3-12/h6,15H,1-5,14H2. The number of aromatic hydroxyl groups is 1.